The zero-order valence-electron chi connectivity index (χ0n) is 38.0. The summed E-state index contributed by atoms with van der Waals surface area (Å²) in [6.45, 7) is 2.42. The van der Waals surface area contributed by atoms with E-state index in [-0.39, 0.29) is 42.5 Å². The Bertz CT molecular complexity index is 2260. The number of aromatic amines is 1. The summed E-state index contributed by atoms with van der Waals surface area (Å²) in [6, 6.07) is 17.9. The summed E-state index contributed by atoms with van der Waals surface area (Å²) < 4.78 is 6.88. The van der Waals surface area contributed by atoms with Crippen LogP contribution in [0.2, 0.25) is 0 Å². The van der Waals surface area contributed by atoms with E-state index in [1.165, 1.54) is 0 Å². The van der Waals surface area contributed by atoms with Gasteiger partial charge in [0.1, 0.15) is 11.9 Å². The van der Waals surface area contributed by atoms with E-state index in [1.54, 1.807) is 27.7 Å². The number of phenols is 1. The lowest BCUT2D eigenvalue weighted by Gasteiger charge is -2.36. The van der Waals surface area contributed by atoms with Crippen LogP contribution in [0.3, 0.4) is 0 Å². The van der Waals surface area contributed by atoms with Gasteiger partial charge in [-0.3, -0.25) is 0 Å². The molecule has 8 rings (SSSR count). The van der Waals surface area contributed by atoms with Crippen molar-refractivity contribution in [2.75, 3.05) is 31.3 Å². The van der Waals surface area contributed by atoms with E-state index in [0.717, 1.165) is 51.9 Å². The number of nitrogens with one attached hydrogen (secondary N) is 2. The van der Waals surface area contributed by atoms with Gasteiger partial charge in [0, 0.05) is 77.8 Å². The van der Waals surface area contributed by atoms with Crippen molar-refractivity contribution in [2.24, 2.45) is 40.7 Å². The van der Waals surface area contributed by atoms with Crippen molar-refractivity contribution in [3.05, 3.63) is 118 Å². The van der Waals surface area contributed by atoms with E-state index in [9.17, 15) is 35.7 Å². The van der Waals surface area contributed by atoms with Crippen LogP contribution in [0.4, 0.5) is 0 Å². The number of hydrogen-bond donors (Lipinski definition) is 10. The lowest BCUT2D eigenvalue weighted by molar-refractivity contribution is -0.0215. The highest BCUT2D eigenvalue weighted by atomic mass is 33.1. The van der Waals surface area contributed by atoms with Gasteiger partial charge >= 0.3 is 0 Å². The lowest BCUT2D eigenvalue weighted by atomic mass is 9.70. The number of ether oxygens (including phenoxy) is 1. The molecule has 12 unspecified atom stereocenters. The number of fused-ring (bicyclic) bond motifs is 5. The number of aromatic hydroxyl groups is 1. The van der Waals surface area contributed by atoms with Crippen LogP contribution in [-0.2, 0) is 19.3 Å². The van der Waals surface area contributed by atoms with Gasteiger partial charge < -0.3 is 56.5 Å². The summed E-state index contributed by atoms with van der Waals surface area (Å²) in [6.07, 6.45) is 7.47. The van der Waals surface area contributed by atoms with Crippen molar-refractivity contribution in [1.29, 1.82) is 0 Å². The van der Waals surface area contributed by atoms with Gasteiger partial charge in [-0.1, -0.05) is 88.4 Å². The van der Waals surface area contributed by atoms with E-state index >= 15 is 0 Å². The number of aryl methyl sites for hydroxylation is 1. The van der Waals surface area contributed by atoms with Gasteiger partial charge in [-0.15, -0.1) is 0 Å². The van der Waals surface area contributed by atoms with Crippen molar-refractivity contribution >= 4 is 21.6 Å². The Hall–Kier alpha value is -3.84. The summed E-state index contributed by atoms with van der Waals surface area (Å²) in [4.78, 5) is 3.35. The molecule has 1 saturated heterocycles. The van der Waals surface area contributed by atoms with Crippen molar-refractivity contribution in [3.8, 4) is 23.3 Å². The Morgan fingerprint density at radius 1 is 0.955 bits per heavy atom. The summed E-state index contributed by atoms with van der Waals surface area (Å²) >= 11 is 0. The highest BCUT2D eigenvalue weighted by Crippen LogP contribution is 2.51. The van der Waals surface area contributed by atoms with Crippen LogP contribution in [0.15, 0.2) is 95.5 Å². The molecule has 0 bridgehead atoms. The van der Waals surface area contributed by atoms with Crippen LogP contribution < -0.4 is 15.8 Å². The molecule has 3 aliphatic carbocycles. The first kappa shape index (κ1) is 48.6. The predicted molar refractivity (Wildman–Crippen MR) is 262 cm³/mol. The van der Waals surface area contributed by atoms with Gasteiger partial charge in [-0.2, -0.15) is 0 Å². The van der Waals surface area contributed by atoms with E-state index < -0.39 is 53.7 Å². The minimum Gasteiger partial charge on any atom is -0.504 e. The molecule has 3 heterocycles. The van der Waals surface area contributed by atoms with Crippen LogP contribution in [0.25, 0.3) is 0 Å². The molecule has 11 N–H and O–H groups in total. The van der Waals surface area contributed by atoms with Gasteiger partial charge in [-0.05, 0) is 129 Å². The third-order valence-corrected chi connectivity index (χ3v) is 17.6. The maximum Gasteiger partial charge on any atom is 0.161 e. The smallest absolute Gasteiger partial charge is 0.161 e. The highest BCUT2D eigenvalue weighted by molar-refractivity contribution is 8.76. The fraction of sp³-hybridized carbons (Fsp3) is 0.547. The third kappa shape index (κ3) is 11.0. The van der Waals surface area contributed by atoms with Crippen molar-refractivity contribution in [2.45, 2.75) is 114 Å². The molecule has 3 aromatic rings. The van der Waals surface area contributed by atoms with E-state index in [4.69, 9.17) is 10.5 Å². The molecule has 1 aromatic heterocycles. The number of hydrogen-bond acceptors (Lipinski definition) is 12. The number of benzene rings is 2. The molecule has 0 amide bonds. The van der Waals surface area contributed by atoms with E-state index in [2.05, 4.69) is 53.4 Å². The van der Waals surface area contributed by atoms with Crippen molar-refractivity contribution in [1.82, 2.24) is 10.3 Å². The lowest BCUT2D eigenvalue weighted by Crippen LogP contribution is -2.42. The standard InChI is InChI=1S/C53H69N3O8S2/c1-2-33-21-35-24-46(61)48(64-49-25-36(22-38-9-6-18-55-38)40-14-19-56-52(54)44(40)31-66-65-30-37(29-58)51(49)63)27-42(35)43-26-47(62)50-34(23-41(33)43)13-16-53(17-20-57,28-39(59)10-11-45(50)60)15-12-32-7-4-3-5-8-32/h3-9,14,18,23-24,27,33-34,36-37,39,43,45,47,49-51,55-63H,2,10-12,15,17,19-22,25-26,28-31,54H2,1H3. The number of phenolic OH excluding ortho intramolecular Hbond substituents is 1. The fourth-order valence-electron chi connectivity index (χ4n) is 11.5. The minimum atomic E-state index is -1.07. The molecular weight excluding hydrogens is 871 g/mol. The van der Waals surface area contributed by atoms with Crippen molar-refractivity contribution in [3.63, 3.8) is 0 Å². The Balaban J connectivity index is 1.17. The summed E-state index contributed by atoms with van der Waals surface area (Å²) in [5.41, 5.74) is 13.3. The van der Waals surface area contributed by atoms with Gasteiger partial charge in [0.05, 0.1) is 24.4 Å². The van der Waals surface area contributed by atoms with Crippen molar-refractivity contribution < 1.29 is 40.5 Å². The molecule has 12 atom stereocenters. The Morgan fingerprint density at radius 2 is 1.79 bits per heavy atom. The average Bonchev–Trinajstić information content (AvgIpc) is 3.77. The number of rotatable bonds is 11. The molecule has 2 aliphatic heterocycles. The second-order valence-electron chi connectivity index (χ2n) is 19.4. The molecule has 0 saturated carbocycles. The Kier molecular flexibility index (Phi) is 16.3. The topological polar surface area (TPSA) is 205 Å². The summed E-state index contributed by atoms with van der Waals surface area (Å²) in [7, 11) is 3.24. The fourth-order valence-corrected chi connectivity index (χ4v) is 14.0. The van der Waals surface area contributed by atoms with Crippen LogP contribution >= 0.6 is 21.6 Å². The normalized spacial score (nSPS) is 32.8. The number of nitrogens with two attached hydrogens (primary N) is 1. The zero-order chi connectivity index (χ0) is 46.4. The molecule has 11 nitrogen and oxygen atoms in total. The van der Waals surface area contributed by atoms with E-state index in [0.29, 0.717) is 81.7 Å². The van der Waals surface area contributed by atoms with Gasteiger partial charge in [0.25, 0.3) is 0 Å². The maximum atomic E-state index is 12.3. The molecule has 1 fully saturated rings. The minimum absolute atomic E-state index is 0.0336. The Morgan fingerprint density at radius 3 is 2.55 bits per heavy atom. The molecule has 2 aromatic carbocycles. The Labute approximate surface area is 397 Å². The summed E-state index contributed by atoms with van der Waals surface area (Å²) in [5.74, 6) is 7.28. The van der Waals surface area contributed by atoms with E-state index in [1.807, 2.05) is 42.6 Å². The number of aromatic nitrogens is 1. The second kappa shape index (κ2) is 22.1. The van der Waals surface area contributed by atoms with Crippen LogP contribution in [0.1, 0.15) is 86.6 Å². The number of aliphatic hydroxyl groups is 6. The first-order valence-electron chi connectivity index (χ1n) is 24.0. The van der Waals surface area contributed by atoms with Gasteiger partial charge in [-0.25, -0.2) is 0 Å². The molecule has 66 heavy (non-hydrogen) atoms. The SMILES string of the molecule is CCC1Cc2cc(O)c(OC3CC(Cc4ccc[nH]4)C4=CCNC(N)=C4CSSCC(CO)C3O)cc2C2CC(O)C3C(C#CC(CCO)(CCc4ccccc4)CC(O)CCC3O)C=C12. The zero-order valence-corrected chi connectivity index (χ0v) is 39.7. The number of aliphatic hydroxyl groups excluding tert-OH is 6. The molecule has 356 valence electrons. The maximum absolute atomic E-state index is 12.3. The predicted octanol–water partition coefficient (Wildman–Crippen LogP) is 6.28. The van der Waals surface area contributed by atoms with Crippen LogP contribution in [-0.4, -0.2) is 103 Å². The average molecular weight is 940 g/mol. The summed E-state index contributed by atoms with van der Waals surface area (Å²) in [5, 5.41) is 83.9. The molecule has 13 heteroatoms. The first-order valence-corrected chi connectivity index (χ1v) is 26.5. The number of allylic oxidation sites excluding steroid dienone is 3. The second-order valence-corrected chi connectivity index (χ2v) is 21.9. The molecular formula is C53H69N3O8S2. The number of H-pyrrole nitrogens is 1. The van der Waals surface area contributed by atoms with Crippen LogP contribution in [0.5, 0.6) is 11.5 Å². The highest BCUT2D eigenvalue weighted by Gasteiger charge is 2.44. The molecule has 0 spiro atoms. The largest absolute Gasteiger partial charge is 0.504 e. The monoisotopic (exact) mass is 939 g/mol. The molecule has 5 aliphatic rings. The first-order chi connectivity index (χ1) is 32.0. The molecule has 0 radical (unpaired) electrons. The van der Waals surface area contributed by atoms with Gasteiger partial charge in [0.2, 0.25) is 0 Å². The quantitative estimate of drug-likeness (QED) is 0.0587. The van der Waals surface area contributed by atoms with Gasteiger partial charge in [0.15, 0.2) is 11.5 Å². The van der Waals surface area contributed by atoms with Crippen LogP contribution in [0, 0.1) is 46.8 Å². The number of dihydropyridines is 1. The third-order valence-electron chi connectivity index (χ3n) is 15.2.